The first-order chi connectivity index (χ1) is 17.7. The highest BCUT2D eigenvalue weighted by Gasteiger charge is 2.29. The molecule has 1 saturated carbocycles. The molecule has 1 amide bonds. The van der Waals surface area contributed by atoms with Crippen LogP contribution in [0.25, 0.3) is 11.0 Å². The number of benzene rings is 2. The number of imidazole rings is 1. The van der Waals surface area contributed by atoms with E-state index in [2.05, 4.69) is 0 Å². The van der Waals surface area contributed by atoms with Gasteiger partial charge in [0.25, 0.3) is 0 Å². The maximum atomic E-state index is 13.7. The summed E-state index contributed by atoms with van der Waals surface area (Å²) in [6, 6.07) is 11.5. The molecule has 4 N–H and O–H groups in total. The number of nitrogens with two attached hydrogens (primary N) is 1. The summed E-state index contributed by atoms with van der Waals surface area (Å²) < 4.78 is 3.78. The highest BCUT2D eigenvalue weighted by molar-refractivity contribution is 5.97. The fraction of sp³-hybridized carbons (Fsp3) is 0.516. The number of para-hydroxylation sites is 2. The van der Waals surface area contributed by atoms with Crippen molar-refractivity contribution in [3.63, 3.8) is 0 Å². The third-order valence-corrected chi connectivity index (χ3v) is 8.01. The van der Waals surface area contributed by atoms with Crippen molar-refractivity contribution < 1.29 is 14.7 Å². The van der Waals surface area contributed by atoms with E-state index in [1.165, 1.54) is 0 Å². The van der Waals surface area contributed by atoms with E-state index in [1.54, 1.807) is 4.57 Å². The zero-order chi connectivity index (χ0) is 28.0. The number of aromatic nitrogens is 2. The molecule has 0 aliphatic heterocycles. The molecule has 1 aromatic heterocycles. The molecule has 2 aromatic carbocycles. The van der Waals surface area contributed by atoms with Gasteiger partial charge in [-0.15, -0.1) is 0 Å². The Morgan fingerprint density at radius 1 is 0.921 bits per heavy atom. The Bertz CT molecular complexity index is 1390. The molecule has 1 heterocycles. The number of ketones is 1. The van der Waals surface area contributed by atoms with Crippen molar-refractivity contribution in [1.82, 2.24) is 9.13 Å². The van der Waals surface area contributed by atoms with Crippen molar-refractivity contribution in [2.45, 2.75) is 91.1 Å². The van der Waals surface area contributed by atoms with Crippen LogP contribution in [-0.2, 0) is 28.7 Å². The topological polar surface area (TPSA) is 114 Å². The zero-order valence-corrected chi connectivity index (χ0v) is 23.6. The predicted octanol–water partition coefficient (Wildman–Crippen LogP) is 5.40. The van der Waals surface area contributed by atoms with E-state index in [-0.39, 0.29) is 40.7 Å². The summed E-state index contributed by atoms with van der Waals surface area (Å²) in [7, 11) is 0. The molecule has 0 unspecified atom stereocenters. The number of carbonyl (C=O) groups excluding carboxylic acids is 2. The summed E-state index contributed by atoms with van der Waals surface area (Å²) in [6.07, 6.45) is 3.38. The molecule has 0 radical (unpaired) electrons. The Labute approximate surface area is 225 Å². The average Bonchev–Trinajstić information content (AvgIpc) is 3.09. The molecule has 4 rings (SSSR count). The number of hydrogen-bond donors (Lipinski definition) is 3. The lowest BCUT2D eigenvalue weighted by Crippen LogP contribution is -2.32. The average molecular weight is 519 g/mol. The second-order valence-electron chi connectivity index (χ2n) is 13.0. The van der Waals surface area contributed by atoms with Crippen LogP contribution < -0.4 is 11.4 Å². The maximum absolute atomic E-state index is 13.7. The summed E-state index contributed by atoms with van der Waals surface area (Å²) in [5.41, 5.74) is 8.96. The number of amides is 1. The van der Waals surface area contributed by atoms with E-state index in [1.807, 2.05) is 82.5 Å². The maximum Gasteiger partial charge on any atom is 0.220 e. The molecule has 0 saturated heterocycles. The van der Waals surface area contributed by atoms with Crippen LogP contribution in [0.3, 0.4) is 0 Å². The molecule has 1 fully saturated rings. The first-order valence-corrected chi connectivity index (χ1v) is 13.6. The fourth-order valence-corrected chi connectivity index (χ4v) is 5.70. The van der Waals surface area contributed by atoms with Crippen molar-refractivity contribution in [3.05, 3.63) is 58.7 Å². The van der Waals surface area contributed by atoms with Crippen LogP contribution in [0.1, 0.15) is 88.7 Å². The van der Waals surface area contributed by atoms with Gasteiger partial charge >= 0.3 is 0 Å². The Morgan fingerprint density at radius 2 is 1.42 bits per heavy atom. The SMILES string of the molecule is CC(C)(C)c1cc(C(=O)Cn2c(=N)n(CC3CCC(C(N)=O)CC3)c3ccccc32)cc(C(C)(C)C)c1O. The van der Waals surface area contributed by atoms with Gasteiger partial charge in [0.05, 0.1) is 17.6 Å². The molecule has 1 aliphatic rings. The summed E-state index contributed by atoms with van der Waals surface area (Å²) in [5.74, 6) is 0.246. The third-order valence-electron chi connectivity index (χ3n) is 8.01. The number of aromatic hydroxyl groups is 1. The molecule has 7 nitrogen and oxygen atoms in total. The van der Waals surface area contributed by atoms with Crippen molar-refractivity contribution in [3.8, 4) is 5.75 Å². The number of Topliss-reactive ketones (excluding diaryl/α,β-unsaturated/α-hetero) is 1. The minimum absolute atomic E-state index is 0.0404. The summed E-state index contributed by atoms with van der Waals surface area (Å²) in [6.45, 7) is 12.9. The second-order valence-corrected chi connectivity index (χ2v) is 13.0. The highest BCUT2D eigenvalue weighted by Crippen LogP contribution is 2.40. The van der Waals surface area contributed by atoms with Gasteiger partial charge in [-0.05, 0) is 66.7 Å². The number of rotatable bonds is 6. The lowest BCUT2D eigenvalue weighted by Gasteiger charge is -2.28. The van der Waals surface area contributed by atoms with Crippen molar-refractivity contribution in [2.75, 3.05) is 0 Å². The van der Waals surface area contributed by atoms with Crippen LogP contribution >= 0.6 is 0 Å². The molecule has 0 bridgehead atoms. The van der Waals surface area contributed by atoms with E-state index in [0.29, 0.717) is 23.6 Å². The van der Waals surface area contributed by atoms with Crippen LogP contribution in [0.15, 0.2) is 36.4 Å². The summed E-state index contributed by atoms with van der Waals surface area (Å²) in [5, 5.41) is 20.1. The van der Waals surface area contributed by atoms with Gasteiger partial charge in [-0.25, -0.2) is 0 Å². The Balaban J connectivity index is 1.69. The number of primary amides is 1. The van der Waals surface area contributed by atoms with Crippen LogP contribution in [-0.4, -0.2) is 25.9 Å². The van der Waals surface area contributed by atoms with Gasteiger partial charge in [0, 0.05) is 29.2 Å². The normalized spacial score (nSPS) is 18.6. The Kier molecular flexibility index (Phi) is 7.34. The minimum atomic E-state index is -0.336. The number of carbonyl (C=O) groups is 2. The molecule has 7 heteroatoms. The zero-order valence-electron chi connectivity index (χ0n) is 23.6. The molecular weight excluding hydrogens is 476 g/mol. The van der Waals surface area contributed by atoms with E-state index >= 15 is 0 Å². The van der Waals surface area contributed by atoms with Crippen LogP contribution in [0.5, 0.6) is 5.75 Å². The van der Waals surface area contributed by atoms with Gasteiger partial charge in [0.1, 0.15) is 5.75 Å². The van der Waals surface area contributed by atoms with Crippen molar-refractivity contribution >= 4 is 22.7 Å². The number of nitrogens with one attached hydrogen (secondary N) is 1. The highest BCUT2D eigenvalue weighted by atomic mass is 16.3. The molecule has 1 aliphatic carbocycles. The first kappa shape index (κ1) is 27.7. The number of phenols is 1. The van der Waals surface area contributed by atoms with Crippen molar-refractivity contribution in [2.24, 2.45) is 17.6 Å². The number of hydrogen-bond acceptors (Lipinski definition) is 4. The smallest absolute Gasteiger partial charge is 0.220 e. The summed E-state index contributed by atoms with van der Waals surface area (Å²) in [4.78, 5) is 25.3. The quantitative estimate of drug-likeness (QED) is 0.380. The fourth-order valence-electron chi connectivity index (χ4n) is 5.70. The van der Waals surface area contributed by atoms with Gasteiger partial charge in [-0.3, -0.25) is 15.0 Å². The molecule has 38 heavy (non-hydrogen) atoms. The van der Waals surface area contributed by atoms with Crippen LogP contribution in [0.2, 0.25) is 0 Å². The molecule has 0 atom stereocenters. The van der Waals surface area contributed by atoms with Gasteiger partial charge in [-0.2, -0.15) is 0 Å². The van der Waals surface area contributed by atoms with E-state index in [0.717, 1.165) is 47.8 Å². The van der Waals surface area contributed by atoms with Crippen molar-refractivity contribution in [1.29, 1.82) is 5.41 Å². The van der Waals surface area contributed by atoms with Gasteiger partial charge in [0.2, 0.25) is 11.5 Å². The number of phenolic OH excluding ortho intramolecular Hbond substituents is 1. The monoisotopic (exact) mass is 518 g/mol. The number of fused-ring (bicyclic) bond motifs is 1. The predicted molar refractivity (Wildman–Crippen MR) is 150 cm³/mol. The molecular formula is C31H42N4O3. The van der Waals surface area contributed by atoms with Gasteiger partial charge in [0.15, 0.2) is 5.78 Å². The van der Waals surface area contributed by atoms with Crippen LogP contribution in [0, 0.1) is 17.2 Å². The van der Waals surface area contributed by atoms with E-state index in [4.69, 9.17) is 11.1 Å². The number of nitrogens with zero attached hydrogens (tertiary/aromatic N) is 2. The first-order valence-electron chi connectivity index (χ1n) is 13.6. The third kappa shape index (κ3) is 5.42. The Morgan fingerprint density at radius 3 is 1.89 bits per heavy atom. The largest absolute Gasteiger partial charge is 0.507 e. The Hall–Kier alpha value is -3.35. The van der Waals surface area contributed by atoms with Crippen LogP contribution in [0.4, 0.5) is 0 Å². The van der Waals surface area contributed by atoms with E-state index in [9.17, 15) is 14.7 Å². The lowest BCUT2D eigenvalue weighted by molar-refractivity contribution is -0.123. The molecule has 204 valence electrons. The lowest BCUT2D eigenvalue weighted by atomic mass is 9.78. The standard InChI is InChI=1S/C31H42N4O3/c1-30(2,3)22-15-21(16-23(27(22)37)31(4,5)6)26(36)18-35-25-10-8-7-9-24(25)34(29(35)33)17-19-11-13-20(14-12-19)28(32)38/h7-10,15-16,19-20,33,37H,11-14,17-18H2,1-6H3,(H2,32,38). The molecule has 3 aromatic rings. The summed E-state index contributed by atoms with van der Waals surface area (Å²) >= 11 is 0. The van der Waals surface area contributed by atoms with Gasteiger partial charge < -0.3 is 20.0 Å². The molecule has 0 spiro atoms. The van der Waals surface area contributed by atoms with E-state index < -0.39 is 0 Å². The second kappa shape index (κ2) is 10.1. The van der Waals surface area contributed by atoms with Gasteiger partial charge in [-0.1, -0.05) is 53.7 Å². The minimum Gasteiger partial charge on any atom is -0.507 e.